The minimum atomic E-state index is -0.901. The van der Waals surface area contributed by atoms with Crippen molar-refractivity contribution in [1.29, 1.82) is 0 Å². The SMILES string of the molecule is CSCCC(C(=O)O)N1CC(CS)CC1=O. The van der Waals surface area contributed by atoms with Crippen LogP contribution in [0.15, 0.2) is 0 Å². The van der Waals surface area contributed by atoms with Gasteiger partial charge in [-0.15, -0.1) is 0 Å². The topological polar surface area (TPSA) is 57.6 Å². The average molecular weight is 263 g/mol. The molecule has 1 aliphatic heterocycles. The van der Waals surface area contributed by atoms with Crippen LogP contribution in [0.4, 0.5) is 0 Å². The van der Waals surface area contributed by atoms with E-state index in [-0.39, 0.29) is 11.8 Å². The summed E-state index contributed by atoms with van der Waals surface area (Å²) in [5.74, 6) is 0.644. The van der Waals surface area contributed by atoms with E-state index in [2.05, 4.69) is 12.6 Å². The number of carboxylic acids is 1. The van der Waals surface area contributed by atoms with Gasteiger partial charge in [-0.3, -0.25) is 4.79 Å². The zero-order valence-electron chi connectivity index (χ0n) is 9.26. The van der Waals surface area contributed by atoms with Crippen molar-refractivity contribution < 1.29 is 14.7 Å². The number of hydrogen-bond donors (Lipinski definition) is 2. The highest BCUT2D eigenvalue weighted by molar-refractivity contribution is 7.98. The van der Waals surface area contributed by atoms with E-state index in [9.17, 15) is 9.59 Å². The zero-order valence-corrected chi connectivity index (χ0v) is 11.0. The Kier molecular flexibility index (Phi) is 5.48. The van der Waals surface area contributed by atoms with E-state index in [1.165, 1.54) is 4.90 Å². The van der Waals surface area contributed by atoms with Gasteiger partial charge in [0.25, 0.3) is 0 Å². The maximum absolute atomic E-state index is 11.7. The molecule has 0 aliphatic carbocycles. The molecular weight excluding hydrogens is 246 g/mol. The molecule has 0 aromatic heterocycles. The van der Waals surface area contributed by atoms with E-state index >= 15 is 0 Å². The molecule has 6 heteroatoms. The van der Waals surface area contributed by atoms with Crippen molar-refractivity contribution >= 4 is 36.3 Å². The quantitative estimate of drug-likeness (QED) is 0.701. The zero-order chi connectivity index (χ0) is 12.1. The minimum Gasteiger partial charge on any atom is -0.480 e. The van der Waals surface area contributed by atoms with Gasteiger partial charge in [-0.25, -0.2) is 4.79 Å². The van der Waals surface area contributed by atoms with Crippen LogP contribution in [0.3, 0.4) is 0 Å². The fourth-order valence-corrected chi connectivity index (χ4v) is 2.58. The molecule has 0 aromatic carbocycles. The summed E-state index contributed by atoms with van der Waals surface area (Å²) in [6.07, 6.45) is 2.88. The monoisotopic (exact) mass is 263 g/mol. The van der Waals surface area contributed by atoms with Gasteiger partial charge < -0.3 is 10.0 Å². The summed E-state index contributed by atoms with van der Waals surface area (Å²) < 4.78 is 0. The second kappa shape index (κ2) is 6.39. The summed E-state index contributed by atoms with van der Waals surface area (Å²) in [6, 6.07) is -0.662. The van der Waals surface area contributed by atoms with Gasteiger partial charge in [0.2, 0.25) is 5.91 Å². The number of likely N-dealkylation sites (tertiary alicyclic amines) is 1. The number of carbonyl (C=O) groups excluding carboxylic acids is 1. The normalized spacial score (nSPS) is 22.5. The Morgan fingerprint density at radius 2 is 2.44 bits per heavy atom. The fourth-order valence-electron chi connectivity index (χ4n) is 1.87. The molecule has 0 radical (unpaired) electrons. The van der Waals surface area contributed by atoms with Crippen LogP contribution in [0.25, 0.3) is 0 Å². The van der Waals surface area contributed by atoms with Crippen molar-refractivity contribution in [2.45, 2.75) is 18.9 Å². The summed E-state index contributed by atoms with van der Waals surface area (Å²) in [5, 5.41) is 9.11. The minimum absolute atomic E-state index is 0.0486. The molecule has 1 amide bonds. The molecule has 2 unspecified atom stereocenters. The first-order valence-corrected chi connectivity index (χ1v) is 7.24. The third-order valence-electron chi connectivity index (χ3n) is 2.75. The lowest BCUT2D eigenvalue weighted by Gasteiger charge is -2.24. The second-order valence-corrected chi connectivity index (χ2v) is 5.29. The first-order valence-electron chi connectivity index (χ1n) is 5.22. The lowest BCUT2D eigenvalue weighted by molar-refractivity contribution is -0.148. The highest BCUT2D eigenvalue weighted by Gasteiger charge is 2.36. The number of rotatable bonds is 6. The molecule has 1 N–H and O–H groups in total. The van der Waals surface area contributed by atoms with E-state index < -0.39 is 12.0 Å². The van der Waals surface area contributed by atoms with Gasteiger partial charge in [0.15, 0.2) is 0 Å². The average Bonchev–Trinajstić information content (AvgIpc) is 2.60. The Hall–Kier alpha value is -0.360. The van der Waals surface area contributed by atoms with E-state index in [1.54, 1.807) is 11.8 Å². The van der Waals surface area contributed by atoms with E-state index in [0.717, 1.165) is 5.75 Å². The van der Waals surface area contributed by atoms with Gasteiger partial charge in [-0.05, 0) is 30.1 Å². The molecule has 1 aliphatic rings. The van der Waals surface area contributed by atoms with Gasteiger partial charge in [-0.2, -0.15) is 24.4 Å². The van der Waals surface area contributed by atoms with Crippen LogP contribution in [-0.2, 0) is 9.59 Å². The van der Waals surface area contributed by atoms with Crippen LogP contribution in [0.1, 0.15) is 12.8 Å². The fraction of sp³-hybridized carbons (Fsp3) is 0.800. The molecule has 2 atom stereocenters. The number of aliphatic carboxylic acids is 1. The first-order chi connectivity index (χ1) is 7.60. The largest absolute Gasteiger partial charge is 0.480 e. The molecule has 1 fully saturated rings. The van der Waals surface area contributed by atoms with Crippen molar-refractivity contribution in [3.63, 3.8) is 0 Å². The van der Waals surface area contributed by atoms with E-state index in [4.69, 9.17) is 5.11 Å². The molecule has 4 nitrogen and oxygen atoms in total. The van der Waals surface area contributed by atoms with Gasteiger partial charge >= 0.3 is 5.97 Å². The smallest absolute Gasteiger partial charge is 0.326 e. The Balaban J connectivity index is 2.64. The number of hydrogen-bond acceptors (Lipinski definition) is 4. The van der Waals surface area contributed by atoms with Crippen LogP contribution >= 0.6 is 24.4 Å². The molecule has 1 heterocycles. The number of carbonyl (C=O) groups is 2. The molecule has 16 heavy (non-hydrogen) atoms. The standard InChI is InChI=1S/C10H17NO3S2/c1-16-3-2-8(10(13)14)11-5-7(6-15)4-9(11)12/h7-8,15H,2-6H2,1H3,(H,13,14). The van der Waals surface area contributed by atoms with Gasteiger partial charge in [-0.1, -0.05) is 0 Å². The summed E-state index contributed by atoms with van der Waals surface area (Å²) in [6.45, 7) is 0.535. The Morgan fingerprint density at radius 1 is 1.75 bits per heavy atom. The van der Waals surface area contributed by atoms with Crippen molar-refractivity contribution in [2.24, 2.45) is 5.92 Å². The van der Waals surface area contributed by atoms with E-state index in [0.29, 0.717) is 25.1 Å². The third kappa shape index (κ3) is 3.31. The molecular formula is C10H17NO3S2. The lowest BCUT2D eigenvalue weighted by Crippen LogP contribution is -2.42. The highest BCUT2D eigenvalue weighted by atomic mass is 32.2. The molecule has 92 valence electrons. The van der Waals surface area contributed by atoms with Crippen molar-refractivity contribution in [1.82, 2.24) is 4.90 Å². The molecule has 0 aromatic rings. The summed E-state index contributed by atoms with van der Waals surface area (Å²) in [7, 11) is 0. The third-order valence-corrected chi connectivity index (χ3v) is 3.91. The van der Waals surface area contributed by atoms with Crippen molar-refractivity contribution in [3.05, 3.63) is 0 Å². The second-order valence-electron chi connectivity index (χ2n) is 3.93. The number of carboxylic acid groups (broad SMARTS) is 1. The van der Waals surface area contributed by atoms with Crippen molar-refractivity contribution in [2.75, 3.05) is 24.3 Å². The molecule has 1 rings (SSSR count). The maximum Gasteiger partial charge on any atom is 0.326 e. The predicted octanol–water partition coefficient (Wildman–Crippen LogP) is 0.971. The molecule has 0 spiro atoms. The summed E-state index contributed by atoms with van der Waals surface area (Å²) in [4.78, 5) is 24.3. The van der Waals surface area contributed by atoms with Gasteiger partial charge in [0.1, 0.15) is 6.04 Å². The van der Waals surface area contributed by atoms with Crippen LogP contribution < -0.4 is 0 Å². The molecule has 0 bridgehead atoms. The first kappa shape index (κ1) is 13.7. The number of amides is 1. The Labute approximate surface area is 105 Å². The van der Waals surface area contributed by atoms with E-state index in [1.807, 2.05) is 6.26 Å². The maximum atomic E-state index is 11.7. The van der Waals surface area contributed by atoms with Gasteiger partial charge in [0, 0.05) is 13.0 Å². The highest BCUT2D eigenvalue weighted by Crippen LogP contribution is 2.23. The Morgan fingerprint density at radius 3 is 2.88 bits per heavy atom. The lowest BCUT2D eigenvalue weighted by atomic mass is 10.1. The van der Waals surface area contributed by atoms with Crippen LogP contribution in [0.5, 0.6) is 0 Å². The van der Waals surface area contributed by atoms with Crippen LogP contribution in [0, 0.1) is 5.92 Å². The van der Waals surface area contributed by atoms with Crippen LogP contribution in [-0.4, -0.2) is 52.2 Å². The van der Waals surface area contributed by atoms with Crippen LogP contribution in [0.2, 0.25) is 0 Å². The number of thiol groups is 1. The summed E-state index contributed by atoms with van der Waals surface area (Å²) in [5.41, 5.74) is 0. The van der Waals surface area contributed by atoms with Crippen molar-refractivity contribution in [3.8, 4) is 0 Å². The number of thioether (sulfide) groups is 1. The molecule has 1 saturated heterocycles. The Bertz CT molecular complexity index is 273. The summed E-state index contributed by atoms with van der Waals surface area (Å²) >= 11 is 5.75. The number of nitrogens with zero attached hydrogens (tertiary/aromatic N) is 1. The van der Waals surface area contributed by atoms with Gasteiger partial charge in [0.05, 0.1) is 0 Å². The predicted molar refractivity (Wildman–Crippen MR) is 68.1 cm³/mol. The molecule has 0 saturated carbocycles.